The Labute approximate surface area is 121 Å². The maximum atomic E-state index is 12.3. The van der Waals surface area contributed by atoms with Crippen molar-refractivity contribution in [1.29, 1.82) is 0 Å². The fourth-order valence-corrected chi connectivity index (χ4v) is 2.80. The van der Waals surface area contributed by atoms with Gasteiger partial charge in [-0.3, -0.25) is 4.79 Å². The number of amides is 1. The van der Waals surface area contributed by atoms with E-state index in [1.165, 1.54) is 25.7 Å². The van der Waals surface area contributed by atoms with Gasteiger partial charge in [-0.25, -0.2) is 0 Å². The summed E-state index contributed by atoms with van der Waals surface area (Å²) >= 11 is 0. The van der Waals surface area contributed by atoms with Crippen LogP contribution < -0.4 is 16.0 Å². The summed E-state index contributed by atoms with van der Waals surface area (Å²) in [5, 5.41) is 3.14. The van der Waals surface area contributed by atoms with Crippen LogP contribution in [-0.4, -0.2) is 26.0 Å². The van der Waals surface area contributed by atoms with Crippen molar-refractivity contribution in [3.63, 3.8) is 0 Å². The van der Waals surface area contributed by atoms with Crippen LogP contribution in [0.1, 0.15) is 48.9 Å². The van der Waals surface area contributed by atoms with Crippen LogP contribution in [0, 0.1) is 0 Å². The molecule has 0 heterocycles. The number of nitrogens with two attached hydrogens (primary N) is 1. The summed E-state index contributed by atoms with van der Waals surface area (Å²) in [6.07, 6.45) is 7.20. The van der Waals surface area contributed by atoms with Crippen LogP contribution in [0.4, 0.5) is 11.4 Å². The second kappa shape index (κ2) is 6.64. The monoisotopic (exact) mass is 275 g/mol. The van der Waals surface area contributed by atoms with E-state index in [0.717, 1.165) is 18.5 Å². The number of nitrogens with one attached hydrogen (secondary N) is 1. The molecule has 20 heavy (non-hydrogen) atoms. The zero-order valence-electron chi connectivity index (χ0n) is 12.5. The molecular formula is C16H25N3O. The number of nitrogens with zero attached hydrogens (tertiary/aromatic N) is 1. The highest BCUT2D eigenvalue weighted by atomic mass is 16.1. The lowest BCUT2D eigenvalue weighted by molar-refractivity contribution is 0.0933. The topological polar surface area (TPSA) is 58.4 Å². The first kappa shape index (κ1) is 14.7. The van der Waals surface area contributed by atoms with Crippen LogP contribution >= 0.6 is 0 Å². The third-order valence-corrected chi connectivity index (χ3v) is 3.96. The Bertz CT molecular complexity index is 463. The van der Waals surface area contributed by atoms with Crippen molar-refractivity contribution in [2.75, 3.05) is 24.7 Å². The molecule has 2 rings (SSSR count). The second-order valence-electron chi connectivity index (χ2n) is 5.83. The highest BCUT2D eigenvalue weighted by molar-refractivity contribution is 5.96. The molecule has 1 aromatic carbocycles. The molecule has 1 aromatic rings. The molecule has 1 aliphatic rings. The Morgan fingerprint density at radius 2 is 1.85 bits per heavy atom. The predicted molar refractivity (Wildman–Crippen MR) is 84.1 cm³/mol. The number of carbonyl (C=O) groups is 1. The smallest absolute Gasteiger partial charge is 0.251 e. The lowest BCUT2D eigenvalue weighted by Crippen LogP contribution is -2.34. The third-order valence-electron chi connectivity index (χ3n) is 3.96. The Morgan fingerprint density at radius 1 is 1.20 bits per heavy atom. The predicted octanol–water partition coefficient (Wildman–Crippen LogP) is 2.79. The summed E-state index contributed by atoms with van der Waals surface area (Å²) in [5.41, 5.74) is 8.23. The average molecular weight is 275 g/mol. The normalized spacial score (nSPS) is 16.5. The van der Waals surface area contributed by atoms with E-state index >= 15 is 0 Å². The Kier molecular flexibility index (Phi) is 4.88. The van der Waals surface area contributed by atoms with Crippen LogP contribution in [0.2, 0.25) is 0 Å². The van der Waals surface area contributed by atoms with Gasteiger partial charge in [0.05, 0.1) is 11.4 Å². The molecule has 0 radical (unpaired) electrons. The number of carbonyl (C=O) groups excluding carboxylic acids is 1. The standard InChI is InChI=1S/C16H25N3O/c1-19(2)15-10-9-12(11-14(15)17)16(20)18-13-7-5-3-4-6-8-13/h9-11,13H,3-8,17H2,1-2H3,(H,18,20). The van der Waals surface area contributed by atoms with E-state index in [1.54, 1.807) is 6.07 Å². The summed E-state index contributed by atoms with van der Waals surface area (Å²) in [7, 11) is 3.88. The molecule has 0 aromatic heterocycles. The Hall–Kier alpha value is -1.71. The largest absolute Gasteiger partial charge is 0.397 e. The van der Waals surface area contributed by atoms with Crippen LogP contribution in [0.15, 0.2) is 18.2 Å². The van der Waals surface area contributed by atoms with Crippen molar-refractivity contribution in [3.8, 4) is 0 Å². The molecule has 0 aliphatic heterocycles. The summed E-state index contributed by atoms with van der Waals surface area (Å²) in [6.45, 7) is 0. The van der Waals surface area contributed by atoms with Crippen molar-refractivity contribution in [3.05, 3.63) is 23.8 Å². The molecule has 1 amide bonds. The van der Waals surface area contributed by atoms with E-state index in [4.69, 9.17) is 5.73 Å². The minimum Gasteiger partial charge on any atom is -0.397 e. The zero-order chi connectivity index (χ0) is 14.5. The first-order valence-corrected chi connectivity index (χ1v) is 7.45. The molecule has 4 heteroatoms. The highest BCUT2D eigenvalue weighted by Gasteiger charge is 2.16. The van der Waals surface area contributed by atoms with Gasteiger partial charge in [-0.05, 0) is 31.0 Å². The molecule has 4 nitrogen and oxygen atoms in total. The number of anilines is 2. The van der Waals surface area contributed by atoms with Crippen LogP contribution in [-0.2, 0) is 0 Å². The van der Waals surface area contributed by atoms with Crippen LogP contribution in [0.25, 0.3) is 0 Å². The highest BCUT2D eigenvalue weighted by Crippen LogP contribution is 2.23. The van der Waals surface area contributed by atoms with E-state index in [9.17, 15) is 4.79 Å². The lowest BCUT2D eigenvalue weighted by Gasteiger charge is -2.18. The van der Waals surface area contributed by atoms with E-state index in [0.29, 0.717) is 17.3 Å². The van der Waals surface area contributed by atoms with Crippen LogP contribution in [0.5, 0.6) is 0 Å². The number of benzene rings is 1. The van der Waals surface area contributed by atoms with Gasteiger partial charge in [0, 0.05) is 25.7 Å². The van der Waals surface area contributed by atoms with Crippen molar-refractivity contribution in [2.24, 2.45) is 0 Å². The van der Waals surface area contributed by atoms with Crippen molar-refractivity contribution in [2.45, 2.75) is 44.6 Å². The fraction of sp³-hybridized carbons (Fsp3) is 0.562. The number of nitrogen functional groups attached to an aromatic ring is 1. The lowest BCUT2D eigenvalue weighted by atomic mass is 10.1. The minimum atomic E-state index is -0.00564. The molecule has 0 saturated heterocycles. The van der Waals surface area contributed by atoms with E-state index in [-0.39, 0.29) is 5.91 Å². The van der Waals surface area contributed by atoms with Gasteiger partial charge in [0.1, 0.15) is 0 Å². The van der Waals surface area contributed by atoms with Gasteiger partial charge in [0.15, 0.2) is 0 Å². The van der Waals surface area contributed by atoms with Crippen molar-refractivity contribution in [1.82, 2.24) is 5.32 Å². The zero-order valence-corrected chi connectivity index (χ0v) is 12.5. The summed E-state index contributed by atoms with van der Waals surface area (Å²) < 4.78 is 0. The first-order chi connectivity index (χ1) is 9.58. The van der Waals surface area contributed by atoms with Crippen molar-refractivity contribution < 1.29 is 4.79 Å². The van der Waals surface area contributed by atoms with Crippen molar-refractivity contribution >= 4 is 17.3 Å². The molecule has 0 spiro atoms. The molecule has 110 valence electrons. The molecule has 1 fully saturated rings. The molecule has 0 bridgehead atoms. The number of rotatable bonds is 3. The maximum absolute atomic E-state index is 12.3. The molecule has 0 atom stereocenters. The average Bonchev–Trinajstić information content (AvgIpc) is 2.66. The quantitative estimate of drug-likeness (QED) is 0.659. The maximum Gasteiger partial charge on any atom is 0.251 e. The number of hydrogen-bond acceptors (Lipinski definition) is 3. The summed E-state index contributed by atoms with van der Waals surface area (Å²) in [6, 6.07) is 5.83. The van der Waals surface area contributed by atoms with Gasteiger partial charge >= 0.3 is 0 Å². The van der Waals surface area contributed by atoms with Gasteiger partial charge < -0.3 is 16.0 Å². The molecule has 0 unspecified atom stereocenters. The van der Waals surface area contributed by atoms with Gasteiger partial charge in [-0.1, -0.05) is 25.7 Å². The SMILES string of the molecule is CN(C)c1ccc(C(=O)NC2CCCCCC2)cc1N. The third kappa shape index (κ3) is 3.65. The molecule has 1 saturated carbocycles. The van der Waals surface area contributed by atoms with Gasteiger partial charge in [0.25, 0.3) is 5.91 Å². The molecule has 1 aliphatic carbocycles. The van der Waals surface area contributed by atoms with E-state index in [2.05, 4.69) is 5.32 Å². The second-order valence-corrected chi connectivity index (χ2v) is 5.83. The molecule has 3 N–H and O–H groups in total. The van der Waals surface area contributed by atoms with E-state index < -0.39 is 0 Å². The first-order valence-electron chi connectivity index (χ1n) is 7.45. The minimum absolute atomic E-state index is 0.00564. The summed E-state index contributed by atoms with van der Waals surface area (Å²) in [4.78, 5) is 14.2. The molecular weight excluding hydrogens is 250 g/mol. The summed E-state index contributed by atoms with van der Waals surface area (Å²) in [5.74, 6) is -0.00564. The van der Waals surface area contributed by atoms with Gasteiger partial charge in [-0.15, -0.1) is 0 Å². The Morgan fingerprint density at radius 3 is 2.40 bits per heavy atom. The van der Waals surface area contributed by atoms with Gasteiger partial charge in [0.2, 0.25) is 0 Å². The fourth-order valence-electron chi connectivity index (χ4n) is 2.80. The van der Waals surface area contributed by atoms with E-state index in [1.807, 2.05) is 31.1 Å². The van der Waals surface area contributed by atoms with Crippen LogP contribution in [0.3, 0.4) is 0 Å². The Balaban J connectivity index is 2.03. The van der Waals surface area contributed by atoms with Gasteiger partial charge in [-0.2, -0.15) is 0 Å². The number of hydrogen-bond donors (Lipinski definition) is 2.